The first kappa shape index (κ1) is 15.2. The minimum atomic E-state index is -1.22. The van der Waals surface area contributed by atoms with Gasteiger partial charge in [0.25, 0.3) is 5.88 Å². The Bertz CT molecular complexity index is 515. The molecular weight excluding hydrogens is 284 g/mol. The molecule has 5 unspecified atom stereocenters. The Morgan fingerprint density at radius 1 is 1.38 bits per heavy atom. The minimum absolute atomic E-state index is 0.156. The molecule has 1 aromatic rings. The van der Waals surface area contributed by atoms with Gasteiger partial charge in [0.2, 0.25) is 6.29 Å². The van der Waals surface area contributed by atoms with Crippen LogP contribution in [0.15, 0.2) is 28.7 Å². The third kappa shape index (κ3) is 2.96. The van der Waals surface area contributed by atoms with Crippen LogP contribution in [0.2, 0.25) is 0 Å². The second-order valence-electron chi connectivity index (χ2n) is 4.44. The van der Waals surface area contributed by atoms with E-state index in [1.165, 1.54) is 18.3 Å². The molecular formula is C11H14N4O6. The molecule has 2 rings (SSSR count). The van der Waals surface area contributed by atoms with Gasteiger partial charge in [-0.15, -0.1) is 0 Å². The Morgan fingerprint density at radius 2 is 2.10 bits per heavy atom. The predicted molar refractivity (Wildman–Crippen MR) is 69.4 cm³/mol. The highest BCUT2D eigenvalue weighted by Gasteiger charge is 2.47. The van der Waals surface area contributed by atoms with Crippen molar-refractivity contribution < 1.29 is 19.7 Å². The second-order valence-corrected chi connectivity index (χ2v) is 4.44. The van der Waals surface area contributed by atoms with E-state index in [1.54, 1.807) is 0 Å². The zero-order chi connectivity index (χ0) is 15.4. The number of aromatic hydroxyl groups is 1. The van der Waals surface area contributed by atoms with E-state index in [4.69, 9.17) is 15.2 Å². The first-order valence-electron chi connectivity index (χ1n) is 6.09. The van der Waals surface area contributed by atoms with Gasteiger partial charge >= 0.3 is 0 Å². The number of aliphatic hydroxyl groups excluding tert-OH is 1. The predicted octanol–water partition coefficient (Wildman–Crippen LogP) is -0.520. The Balaban J connectivity index is 2.21. The summed E-state index contributed by atoms with van der Waals surface area (Å²) in [4.78, 5) is 25.4. The van der Waals surface area contributed by atoms with E-state index in [0.29, 0.717) is 0 Å². The summed E-state index contributed by atoms with van der Waals surface area (Å²) in [6.45, 7) is -0.566. The van der Waals surface area contributed by atoms with Crippen molar-refractivity contribution in [2.24, 2.45) is 16.1 Å². The lowest BCUT2D eigenvalue weighted by atomic mass is 9.94. The molecule has 1 saturated heterocycles. The summed E-state index contributed by atoms with van der Waals surface area (Å²) in [7, 11) is 0. The molecule has 21 heavy (non-hydrogen) atoms. The lowest BCUT2D eigenvalue weighted by Gasteiger charge is -2.38. The highest BCUT2D eigenvalue weighted by molar-refractivity contribution is 5.30. The van der Waals surface area contributed by atoms with Crippen LogP contribution in [-0.2, 0) is 4.74 Å². The molecule has 10 heteroatoms. The van der Waals surface area contributed by atoms with Crippen LogP contribution in [0.1, 0.15) is 0 Å². The Morgan fingerprint density at radius 3 is 2.67 bits per heavy atom. The van der Waals surface area contributed by atoms with Crippen molar-refractivity contribution in [2.75, 3.05) is 6.61 Å². The lowest BCUT2D eigenvalue weighted by molar-refractivity contribution is -0.180. The third-order valence-corrected chi connectivity index (χ3v) is 3.15. The van der Waals surface area contributed by atoms with Crippen molar-refractivity contribution >= 4 is 0 Å². The SMILES string of the molecule is NC1C(Oc2ncccc2O)OC(CO)C(N=O)C1N=O. The number of hydrogen-bond acceptors (Lipinski definition) is 10. The maximum Gasteiger partial charge on any atom is 0.259 e. The van der Waals surface area contributed by atoms with Crippen LogP contribution in [0.25, 0.3) is 0 Å². The summed E-state index contributed by atoms with van der Waals surface area (Å²) >= 11 is 0. The maximum absolute atomic E-state index is 10.9. The Kier molecular flexibility index (Phi) is 4.73. The third-order valence-electron chi connectivity index (χ3n) is 3.15. The van der Waals surface area contributed by atoms with Crippen molar-refractivity contribution in [3.8, 4) is 11.6 Å². The maximum atomic E-state index is 10.9. The van der Waals surface area contributed by atoms with Crippen molar-refractivity contribution in [3.63, 3.8) is 0 Å². The van der Waals surface area contributed by atoms with E-state index in [0.717, 1.165) is 0 Å². The number of aromatic nitrogens is 1. The van der Waals surface area contributed by atoms with Gasteiger partial charge in [-0.2, -0.15) is 9.81 Å². The van der Waals surface area contributed by atoms with Gasteiger partial charge in [0.05, 0.1) is 12.6 Å². The van der Waals surface area contributed by atoms with Crippen LogP contribution in [0.4, 0.5) is 0 Å². The first-order chi connectivity index (χ1) is 10.1. The van der Waals surface area contributed by atoms with Gasteiger partial charge in [0.15, 0.2) is 5.75 Å². The lowest BCUT2D eigenvalue weighted by Crippen LogP contribution is -2.62. The molecule has 0 saturated carbocycles. The van der Waals surface area contributed by atoms with Gasteiger partial charge in [-0.25, -0.2) is 4.98 Å². The monoisotopic (exact) mass is 298 g/mol. The summed E-state index contributed by atoms with van der Waals surface area (Å²) in [5.74, 6) is -0.406. The number of ether oxygens (including phenoxy) is 2. The molecule has 0 amide bonds. The molecule has 10 nitrogen and oxygen atoms in total. The fraction of sp³-hybridized carbons (Fsp3) is 0.545. The number of hydrogen-bond donors (Lipinski definition) is 3. The van der Waals surface area contributed by atoms with Crippen LogP contribution in [-0.4, -0.2) is 52.3 Å². The van der Waals surface area contributed by atoms with Crippen molar-refractivity contribution in [2.45, 2.75) is 30.5 Å². The summed E-state index contributed by atoms with van der Waals surface area (Å²) in [6, 6.07) is -0.702. The molecule has 114 valence electrons. The fourth-order valence-corrected chi connectivity index (χ4v) is 2.06. The quantitative estimate of drug-likeness (QED) is 0.613. The zero-order valence-electron chi connectivity index (χ0n) is 10.8. The second kappa shape index (κ2) is 6.52. The van der Waals surface area contributed by atoms with E-state index in [1.807, 2.05) is 0 Å². The molecule has 1 aliphatic heterocycles. The number of rotatable bonds is 5. The molecule has 0 spiro atoms. The van der Waals surface area contributed by atoms with E-state index < -0.39 is 37.1 Å². The summed E-state index contributed by atoms with van der Waals surface area (Å²) in [6.07, 6.45) is -0.928. The fourth-order valence-electron chi connectivity index (χ4n) is 2.06. The normalized spacial score (nSPS) is 32.4. The van der Waals surface area contributed by atoms with Gasteiger partial charge in [-0.05, 0) is 12.1 Å². The molecule has 1 fully saturated rings. The Labute approximate surface area is 118 Å². The van der Waals surface area contributed by atoms with Gasteiger partial charge in [0, 0.05) is 6.20 Å². The average Bonchev–Trinajstić information content (AvgIpc) is 2.50. The minimum Gasteiger partial charge on any atom is -0.503 e. The van der Waals surface area contributed by atoms with Crippen molar-refractivity contribution in [1.29, 1.82) is 0 Å². The standard InChI is InChI=1S/C11H14N4O6/c12-7-9(15-19)8(14-18)6(4-16)20-11(7)21-10-5(17)2-1-3-13-10/h1-3,6-9,11,16-17H,4,12H2. The number of nitrogens with zero attached hydrogens (tertiary/aromatic N) is 3. The number of pyridine rings is 1. The summed E-state index contributed by atoms with van der Waals surface area (Å²) < 4.78 is 10.6. The molecule has 4 N–H and O–H groups in total. The van der Waals surface area contributed by atoms with Gasteiger partial charge in [0.1, 0.15) is 18.2 Å². The number of nitroso groups, excluding NO2 is 2. The summed E-state index contributed by atoms with van der Waals surface area (Å²) in [5, 5.41) is 24.3. The van der Waals surface area contributed by atoms with Gasteiger partial charge < -0.3 is 25.4 Å². The van der Waals surface area contributed by atoms with E-state index in [2.05, 4.69) is 15.3 Å². The van der Waals surface area contributed by atoms with Crippen LogP contribution in [0.5, 0.6) is 11.6 Å². The topological polar surface area (TPSA) is 157 Å². The van der Waals surface area contributed by atoms with Crippen LogP contribution in [0.3, 0.4) is 0 Å². The summed E-state index contributed by atoms with van der Waals surface area (Å²) in [5.41, 5.74) is 5.78. The molecule has 0 radical (unpaired) electrons. The Hall–Kier alpha value is -2.17. The molecule has 0 aromatic carbocycles. The molecule has 0 aliphatic carbocycles. The highest BCUT2D eigenvalue weighted by atomic mass is 16.7. The van der Waals surface area contributed by atoms with E-state index in [9.17, 15) is 20.0 Å². The van der Waals surface area contributed by atoms with Crippen molar-refractivity contribution in [1.82, 2.24) is 4.98 Å². The smallest absolute Gasteiger partial charge is 0.259 e. The molecule has 5 atom stereocenters. The molecule has 1 aromatic heterocycles. The molecule has 1 aliphatic rings. The van der Waals surface area contributed by atoms with Crippen LogP contribution >= 0.6 is 0 Å². The van der Waals surface area contributed by atoms with Gasteiger partial charge in [-0.1, -0.05) is 10.4 Å². The van der Waals surface area contributed by atoms with Crippen LogP contribution in [0, 0.1) is 9.81 Å². The zero-order valence-corrected chi connectivity index (χ0v) is 10.8. The first-order valence-corrected chi connectivity index (χ1v) is 6.09. The van der Waals surface area contributed by atoms with Gasteiger partial charge in [-0.3, -0.25) is 0 Å². The van der Waals surface area contributed by atoms with E-state index >= 15 is 0 Å². The van der Waals surface area contributed by atoms with Crippen LogP contribution < -0.4 is 10.5 Å². The average molecular weight is 298 g/mol. The number of nitrogens with two attached hydrogens (primary N) is 1. The molecule has 0 bridgehead atoms. The molecule has 2 heterocycles. The van der Waals surface area contributed by atoms with Crippen molar-refractivity contribution in [3.05, 3.63) is 28.1 Å². The van der Waals surface area contributed by atoms with E-state index in [-0.39, 0.29) is 11.6 Å². The highest BCUT2D eigenvalue weighted by Crippen LogP contribution is 2.29. The largest absolute Gasteiger partial charge is 0.503 e. The number of aliphatic hydroxyl groups is 1.